The predicted molar refractivity (Wildman–Crippen MR) is 353 cm³/mol. The molecule has 0 bridgehead atoms. The summed E-state index contributed by atoms with van der Waals surface area (Å²) in [6.07, 6.45) is 88.6. The van der Waals surface area contributed by atoms with Crippen LogP contribution in [-0.4, -0.2) is 37.2 Å². The zero-order valence-electron chi connectivity index (χ0n) is 54.6. The second-order valence-corrected chi connectivity index (χ2v) is 24.5. The second-order valence-electron chi connectivity index (χ2n) is 24.5. The van der Waals surface area contributed by atoms with Gasteiger partial charge in [-0.25, -0.2) is 0 Å². The minimum Gasteiger partial charge on any atom is -0.462 e. The van der Waals surface area contributed by atoms with Crippen molar-refractivity contribution < 1.29 is 28.6 Å². The largest absolute Gasteiger partial charge is 0.462 e. The maximum atomic E-state index is 13.0. The Morgan fingerprint density at radius 3 is 0.704 bits per heavy atom. The van der Waals surface area contributed by atoms with Crippen LogP contribution >= 0.6 is 0 Å². The fourth-order valence-corrected chi connectivity index (χ4v) is 10.9. The monoisotopic (exact) mass is 1140 g/mol. The van der Waals surface area contributed by atoms with Gasteiger partial charge in [-0.3, -0.25) is 14.4 Å². The smallest absolute Gasteiger partial charge is 0.306 e. The van der Waals surface area contributed by atoms with Crippen molar-refractivity contribution in [2.75, 3.05) is 13.2 Å². The molecule has 0 radical (unpaired) electrons. The fourth-order valence-electron chi connectivity index (χ4n) is 10.9. The van der Waals surface area contributed by atoms with Gasteiger partial charge >= 0.3 is 17.9 Å². The van der Waals surface area contributed by atoms with Crippen molar-refractivity contribution in [3.8, 4) is 0 Å². The second kappa shape index (κ2) is 69.9. The first-order valence-electron chi connectivity index (χ1n) is 36.1. The molecule has 0 fully saturated rings. The summed E-state index contributed by atoms with van der Waals surface area (Å²) >= 11 is 0. The highest BCUT2D eigenvalue weighted by molar-refractivity contribution is 5.71. The van der Waals surface area contributed by atoms with Gasteiger partial charge in [0.2, 0.25) is 0 Å². The predicted octanol–water partition coefficient (Wildman–Crippen LogP) is 24.9. The summed E-state index contributed by atoms with van der Waals surface area (Å²) in [6.45, 7) is 6.68. The maximum absolute atomic E-state index is 13.0. The Kier molecular flexibility index (Phi) is 67.6. The van der Waals surface area contributed by atoms with Crippen molar-refractivity contribution in [1.29, 1.82) is 0 Å². The molecule has 474 valence electrons. The molecule has 0 aliphatic heterocycles. The summed E-state index contributed by atoms with van der Waals surface area (Å²) in [5.74, 6) is -0.865. The molecule has 0 spiro atoms. The van der Waals surface area contributed by atoms with Crippen molar-refractivity contribution in [3.05, 3.63) is 48.6 Å². The van der Waals surface area contributed by atoms with E-state index in [0.29, 0.717) is 19.3 Å². The molecule has 0 saturated carbocycles. The zero-order chi connectivity index (χ0) is 58.5. The summed E-state index contributed by atoms with van der Waals surface area (Å²) in [7, 11) is 0. The van der Waals surface area contributed by atoms with Crippen LogP contribution in [0.5, 0.6) is 0 Å². The summed E-state index contributed by atoms with van der Waals surface area (Å²) in [6, 6.07) is 0. The molecule has 6 heteroatoms. The first-order chi connectivity index (χ1) is 40.0. The lowest BCUT2D eigenvalue weighted by Gasteiger charge is -2.18. The van der Waals surface area contributed by atoms with E-state index in [4.69, 9.17) is 14.2 Å². The molecule has 0 saturated heterocycles. The van der Waals surface area contributed by atoms with Crippen LogP contribution < -0.4 is 0 Å². The van der Waals surface area contributed by atoms with Crippen molar-refractivity contribution >= 4 is 17.9 Å². The van der Waals surface area contributed by atoms with Crippen LogP contribution in [0.25, 0.3) is 0 Å². The Morgan fingerprint density at radius 2 is 0.444 bits per heavy atom. The lowest BCUT2D eigenvalue weighted by atomic mass is 10.0. The van der Waals surface area contributed by atoms with Gasteiger partial charge in [0.25, 0.3) is 0 Å². The van der Waals surface area contributed by atoms with Gasteiger partial charge in [0, 0.05) is 19.3 Å². The van der Waals surface area contributed by atoms with E-state index in [2.05, 4.69) is 69.4 Å². The minimum absolute atomic E-state index is 0.0747. The SMILES string of the molecule is CCCCCCC/C=C\C/C=C\C/C=C\CCCCCCCCCCC(=O)OC(COC(=O)CCCCCCC/C=C\CCCCCCC)COC(=O)CCCCCCCCCCCCCCCCCCCCCCCCCCCC. The molecule has 0 rings (SSSR count). The minimum atomic E-state index is -0.781. The van der Waals surface area contributed by atoms with E-state index in [-0.39, 0.29) is 31.1 Å². The van der Waals surface area contributed by atoms with Crippen LogP contribution in [-0.2, 0) is 28.6 Å². The van der Waals surface area contributed by atoms with Gasteiger partial charge in [-0.2, -0.15) is 0 Å². The Hall–Kier alpha value is -2.63. The van der Waals surface area contributed by atoms with Crippen LogP contribution in [0.4, 0.5) is 0 Å². The maximum Gasteiger partial charge on any atom is 0.306 e. The van der Waals surface area contributed by atoms with Crippen LogP contribution in [0.15, 0.2) is 48.6 Å². The van der Waals surface area contributed by atoms with E-state index < -0.39 is 6.10 Å². The number of carbonyl (C=O) groups excluding carboxylic acids is 3. The van der Waals surface area contributed by atoms with Crippen LogP contribution in [0.2, 0.25) is 0 Å². The van der Waals surface area contributed by atoms with Gasteiger partial charge in [0.05, 0.1) is 0 Å². The molecule has 81 heavy (non-hydrogen) atoms. The molecule has 1 atom stereocenters. The van der Waals surface area contributed by atoms with Gasteiger partial charge < -0.3 is 14.2 Å². The van der Waals surface area contributed by atoms with Crippen LogP contribution in [0.1, 0.15) is 393 Å². The average molecular weight is 1140 g/mol. The van der Waals surface area contributed by atoms with E-state index in [9.17, 15) is 14.4 Å². The molecule has 0 aliphatic rings. The highest BCUT2D eigenvalue weighted by Gasteiger charge is 2.19. The molecule has 6 nitrogen and oxygen atoms in total. The summed E-state index contributed by atoms with van der Waals surface area (Å²) < 4.78 is 17.0. The molecule has 0 amide bonds. The Morgan fingerprint density at radius 1 is 0.247 bits per heavy atom. The Bertz CT molecular complexity index is 1400. The lowest BCUT2D eigenvalue weighted by molar-refractivity contribution is -0.167. The Labute approximate surface area is 505 Å². The molecule has 0 aromatic carbocycles. The van der Waals surface area contributed by atoms with Gasteiger partial charge in [-0.1, -0.05) is 339 Å². The number of carbonyl (C=O) groups is 3. The molecular formula is C75H138O6. The molecule has 0 aliphatic carbocycles. The number of ether oxygens (including phenoxy) is 3. The number of hydrogen-bond acceptors (Lipinski definition) is 6. The van der Waals surface area contributed by atoms with Gasteiger partial charge in [-0.15, -0.1) is 0 Å². The molecule has 0 heterocycles. The standard InChI is InChI=1S/C75H138O6/c1-4-7-10-13-16-19-22-25-28-30-32-34-36-37-38-40-41-43-45-47-50-53-56-59-62-65-68-74(77)80-71-72(70-79-73(76)67-64-61-58-55-52-49-27-24-21-18-15-12-9-6-3)81-75(78)69-66-63-60-57-54-51-48-46-44-42-39-35-33-31-29-26-23-20-17-14-11-8-5-2/h23-24,26-27,31,33,39,42,72H,4-22,25,28-30,32,34-38,40-41,43-71H2,1-3H3/b26-23-,27-24-,33-31-,42-39-. The number of allylic oxidation sites excluding steroid dienone is 8. The zero-order valence-corrected chi connectivity index (χ0v) is 54.6. The van der Waals surface area contributed by atoms with Crippen LogP contribution in [0.3, 0.4) is 0 Å². The molecular weight excluding hydrogens is 997 g/mol. The van der Waals surface area contributed by atoms with E-state index in [1.54, 1.807) is 0 Å². The number of unbranched alkanes of at least 4 members (excludes halogenated alkanes) is 48. The summed E-state index contributed by atoms with van der Waals surface area (Å²) in [5.41, 5.74) is 0. The van der Waals surface area contributed by atoms with Crippen molar-refractivity contribution in [2.24, 2.45) is 0 Å². The fraction of sp³-hybridized carbons (Fsp3) is 0.853. The normalized spacial score (nSPS) is 12.3. The number of rotatable bonds is 67. The van der Waals surface area contributed by atoms with Crippen molar-refractivity contribution in [1.82, 2.24) is 0 Å². The molecule has 0 N–H and O–H groups in total. The first-order valence-corrected chi connectivity index (χ1v) is 36.1. The van der Waals surface area contributed by atoms with Gasteiger partial charge in [0.1, 0.15) is 13.2 Å². The Balaban J connectivity index is 4.27. The van der Waals surface area contributed by atoms with Crippen molar-refractivity contribution in [3.63, 3.8) is 0 Å². The van der Waals surface area contributed by atoms with Gasteiger partial charge in [-0.05, 0) is 83.5 Å². The van der Waals surface area contributed by atoms with E-state index >= 15 is 0 Å². The molecule has 0 aromatic rings. The average Bonchev–Trinajstić information content (AvgIpc) is 3.47. The topological polar surface area (TPSA) is 78.9 Å². The first kappa shape index (κ1) is 78.4. The summed E-state index contributed by atoms with van der Waals surface area (Å²) in [5, 5.41) is 0. The van der Waals surface area contributed by atoms with Crippen molar-refractivity contribution in [2.45, 2.75) is 399 Å². The van der Waals surface area contributed by atoms with Crippen LogP contribution in [0, 0.1) is 0 Å². The van der Waals surface area contributed by atoms with E-state index in [0.717, 1.165) is 83.5 Å². The van der Waals surface area contributed by atoms with E-state index in [1.165, 1.54) is 270 Å². The number of hydrogen-bond donors (Lipinski definition) is 0. The third kappa shape index (κ3) is 68.0. The third-order valence-electron chi connectivity index (χ3n) is 16.3. The third-order valence-corrected chi connectivity index (χ3v) is 16.3. The van der Waals surface area contributed by atoms with E-state index in [1.807, 2.05) is 0 Å². The quantitative estimate of drug-likeness (QED) is 0.0261. The highest BCUT2D eigenvalue weighted by atomic mass is 16.6. The molecule has 1 unspecified atom stereocenters. The summed E-state index contributed by atoms with van der Waals surface area (Å²) in [4.78, 5) is 38.5. The number of esters is 3. The highest BCUT2D eigenvalue weighted by Crippen LogP contribution is 2.18. The lowest BCUT2D eigenvalue weighted by Crippen LogP contribution is -2.30. The van der Waals surface area contributed by atoms with Gasteiger partial charge in [0.15, 0.2) is 6.10 Å². The molecule has 0 aromatic heterocycles.